The molecule has 0 fully saturated rings. The summed E-state index contributed by atoms with van der Waals surface area (Å²) in [7, 11) is 0. The number of ether oxygens (including phenoxy) is 1. The Morgan fingerprint density at radius 2 is 1.71 bits per heavy atom. The standard InChI is InChI=1S/C30H35N5O3/c1-7-38-24-16-13-22(14-17-24)28(29(37)31-30(4,5)6)35(23-15-12-20(2)21(3)18-23)27(36)19-34-26-11-9-8-10-25(26)32-33-34/h8-18,28H,7,19H2,1-6H3,(H,31,37)/t28-/m1/s1. The highest BCUT2D eigenvalue weighted by Crippen LogP contribution is 2.31. The normalized spacial score (nSPS) is 12.3. The Morgan fingerprint density at radius 3 is 2.37 bits per heavy atom. The molecule has 1 heterocycles. The first-order valence-electron chi connectivity index (χ1n) is 12.8. The van der Waals surface area contributed by atoms with Crippen molar-refractivity contribution in [3.8, 4) is 5.75 Å². The Hall–Kier alpha value is -4.20. The smallest absolute Gasteiger partial charge is 0.249 e. The van der Waals surface area contributed by atoms with Crippen LogP contribution in [0.25, 0.3) is 11.0 Å². The minimum Gasteiger partial charge on any atom is -0.494 e. The molecule has 0 saturated heterocycles. The van der Waals surface area contributed by atoms with E-state index >= 15 is 0 Å². The summed E-state index contributed by atoms with van der Waals surface area (Å²) in [6.45, 7) is 12.1. The van der Waals surface area contributed by atoms with Gasteiger partial charge in [0.1, 0.15) is 23.9 Å². The van der Waals surface area contributed by atoms with Gasteiger partial charge in [0.05, 0.1) is 12.1 Å². The molecule has 1 N–H and O–H groups in total. The summed E-state index contributed by atoms with van der Waals surface area (Å²) in [5.41, 5.74) is 4.37. The Kier molecular flexibility index (Phi) is 7.80. The molecular formula is C30H35N5O3. The molecule has 8 nitrogen and oxygen atoms in total. The van der Waals surface area contributed by atoms with Crippen LogP contribution in [0.2, 0.25) is 0 Å². The molecule has 38 heavy (non-hydrogen) atoms. The van der Waals surface area contributed by atoms with Crippen LogP contribution in [0.5, 0.6) is 5.75 Å². The number of amides is 2. The monoisotopic (exact) mass is 513 g/mol. The topological polar surface area (TPSA) is 89.4 Å². The molecule has 0 saturated carbocycles. The van der Waals surface area contributed by atoms with Crippen molar-refractivity contribution in [3.63, 3.8) is 0 Å². The van der Waals surface area contributed by atoms with Crippen molar-refractivity contribution >= 4 is 28.5 Å². The average Bonchev–Trinajstić information content (AvgIpc) is 3.26. The lowest BCUT2D eigenvalue weighted by Crippen LogP contribution is -2.50. The first-order chi connectivity index (χ1) is 18.1. The lowest BCUT2D eigenvalue weighted by atomic mass is 9.99. The van der Waals surface area contributed by atoms with Crippen LogP contribution in [0, 0.1) is 13.8 Å². The number of hydrogen-bond acceptors (Lipinski definition) is 5. The van der Waals surface area contributed by atoms with E-state index in [1.165, 1.54) is 0 Å². The summed E-state index contributed by atoms with van der Waals surface area (Å²) in [4.78, 5) is 29.6. The third-order valence-electron chi connectivity index (χ3n) is 6.25. The fourth-order valence-electron chi connectivity index (χ4n) is 4.32. The van der Waals surface area contributed by atoms with Crippen LogP contribution in [-0.2, 0) is 16.1 Å². The molecule has 0 radical (unpaired) electrons. The number of nitrogens with one attached hydrogen (secondary N) is 1. The number of para-hydroxylation sites is 1. The van der Waals surface area contributed by atoms with Crippen LogP contribution in [0.4, 0.5) is 5.69 Å². The average molecular weight is 514 g/mol. The maximum atomic E-state index is 14.1. The number of rotatable bonds is 8. The molecule has 0 aliphatic carbocycles. The number of carbonyl (C=O) groups is 2. The van der Waals surface area contributed by atoms with Crippen LogP contribution < -0.4 is 15.0 Å². The van der Waals surface area contributed by atoms with E-state index < -0.39 is 11.6 Å². The van der Waals surface area contributed by atoms with E-state index in [-0.39, 0.29) is 18.4 Å². The molecule has 0 bridgehead atoms. The van der Waals surface area contributed by atoms with E-state index in [0.29, 0.717) is 29.1 Å². The number of aryl methyl sites for hydroxylation is 2. The van der Waals surface area contributed by atoms with Gasteiger partial charge in [-0.2, -0.15) is 0 Å². The number of benzene rings is 3. The van der Waals surface area contributed by atoms with E-state index in [1.54, 1.807) is 9.58 Å². The van der Waals surface area contributed by atoms with Gasteiger partial charge in [-0.15, -0.1) is 5.10 Å². The quantitative estimate of drug-likeness (QED) is 0.353. The van der Waals surface area contributed by atoms with Crippen LogP contribution in [0.1, 0.15) is 50.4 Å². The highest BCUT2D eigenvalue weighted by molar-refractivity contribution is 6.01. The molecule has 3 aromatic carbocycles. The van der Waals surface area contributed by atoms with Gasteiger partial charge in [0.25, 0.3) is 0 Å². The lowest BCUT2D eigenvalue weighted by molar-refractivity contribution is -0.128. The predicted molar refractivity (Wildman–Crippen MR) is 149 cm³/mol. The van der Waals surface area contributed by atoms with Gasteiger partial charge in [-0.05, 0) is 94.6 Å². The van der Waals surface area contributed by atoms with Gasteiger partial charge in [-0.1, -0.05) is 35.5 Å². The number of aromatic nitrogens is 3. The molecular weight excluding hydrogens is 478 g/mol. The fourth-order valence-corrected chi connectivity index (χ4v) is 4.32. The summed E-state index contributed by atoms with van der Waals surface area (Å²) in [5, 5.41) is 11.5. The van der Waals surface area contributed by atoms with Crippen LogP contribution in [0.3, 0.4) is 0 Å². The molecule has 1 atom stereocenters. The van der Waals surface area contributed by atoms with Crippen LogP contribution >= 0.6 is 0 Å². The highest BCUT2D eigenvalue weighted by atomic mass is 16.5. The van der Waals surface area contributed by atoms with Crippen molar-refractivity contribution in [1.82, 2.24) is 20.3 Å². The summed E-state index contributed by atoms with van der Waals surface area (Å²) < 4.78 is 7.19. The van der Waals surface area contributed by atoms with Crippen molar-refractivity contribution in [3.05, 3.63) is 83.4 Å². The summed E-state index contributed by atoms with van der Waals surface area (Å²) in [6, 6.07) is 19.7. The molecule has 2 amide bonds. The largest absolute Gasteiger partial charge is 0.494 e. The SMILES string of the molecule is CCOc1ccc([C@H](C(=O)NC(C)(C)C)N(C(=O)Cn2nnc3ccccc32)c2ccc(C)c(C)c2)cc1. The van der Waals surface area contributed by atoms with Crippen molar-refractivity contribution in [2.45, 2.75) is 59.7 Å². The highest BCUT2D eigenvalue weighted by Gasteiger charge is 2.35. The molecule has 0 unspecified atom stereocenters. The van der Waals surface area contributed by atoms with Gasteiger partial charge >= 0.3 is 0 Å². The second-order valence-corrected chi connectivity index (χ2v) is 10.4. The van der Waals surface area contributed by atoms with Gasteiger partial charge in [-0.3, -0.25) is 14.5 Å². The zero-order chi connectivity index (χ0) is 27.4. The molecule has 0 aliphatic rings. The van der Waals surface area contributed by atoms with Gasteiger partial charge in [-0.25, -0.2) is 4.68 Å². The zero-order valence-corrected chi connectivity index (χ0v) is 22.9. The maximum Gasteiger partial charge on any atom is 0.249 e. The number of hydrogen-bond donors (Lipinski definition) is 1. The molecule has 1 aromatic heterocycles. The van der Waals surface area contributed by atoms with Crippen molar-refractivity contribution < 1.29 is 14.3 Å². The van der Waals surface area contributed by atoms with Gasteiger partial charge in [0.2, 0.25) is 11.8 Å². The van der Waals surface area contributed by atoms with E-state index in [4.69, 9.17) is 4.74 Å². The second kappa shape index (κ2) is 11.0. The maximum absolute atomic E-state index is 14.1. The molecule has 0 spiro atoms. The zero-order valence-electron chi connectivity index (χ0n) is 22.9. The molecule has 198 valence electrons. The number of carbonyl (C=O) groups excluding carboxylic acids is 2. The Labute approximate surface area is 223 Å². The van der Waals surface area contributed by atoms with E-state index in [0.717, 1.165) is 16.6 Å². The van der Waals surface area contributed by atoms with Gasteiger partial charge in [0, 0.05) is 11.2 Å². The predicted octanol–water partition coefficient (Wildman–Crippen LogP) is 5.14. The van der Waals surface area contributed by atoms with Crippen LogP contribution in [-0.4, -0.2) is 39.0 Å². The molecule has 4 aromatic rings. The lowest BCUT2D eigenvalue weighted by Gasteiger charge is -2.34. The molecule has 0 aliphatic heterocycles. The Morgan fingerprint density at radius 1 is 1.00 bits per heavy atom. The number of nitrogens with zero attached hydrogens (tertiary/aromatic N) is 4. The Balaban J connectivity index is 1.83. The van der Waals surface area contributed by atoms with Gasteiger partial charge in [0.15, 0.2) is 0 Å². The summed E-state index contributed by atoms with van der Waals surface area (Å²) in [5.74, 6) is 0.132. The van der Waals surface area contributed by atoms with Crippen molar-refractivity contribution in [2.75, 3.05) is 11.5 Å². The summed E-state index contributed by atoms with van der Waals surface area (Å²) >= 11 is 0. The molecule has 4 rings (SSSR count). The molecule has 8 heteroatoms. The Bertz CT molecular complexity index is 1440. The van der Waals surface area contributed by atoms with Gasteiger partial charge < -0.3 is 10.1 Å². The number of anilines is 1. The first kappa shape index (κ1) is 26.9. The first-order valence-corrected chi connectivity index (χ1v) is 12.8. The minimum absolute atomic E-state index is 0.0796. The third kappa shape index (κ3) is 6.02. The van der Waals surface area contributed by atoms with E-state index in [9.17, 15) is 9.59 Å². The fraction of sp³-hybridized carbons (Fsp3) is 0.333. The van der Waals surface area contributed by atoms with Crippen LogP contribution in [0.15, 0.2) is 66.7 Å². The second-order valence-electron chi connectivity index (χ2n) is 10.4. The van der Waals surface area contributed by atoms with Crippen molar-refractivity contribution in [1.29, 1.82) is 0 Å². The van der Waals surface area contributed by atoms with E-state index in [2.05, 4.69) is 15.6 Å². The minimum atomic E-state index is -0.922. The summed E-state index contributed by atoms with van der Waals surface area (Å²) in [6.07, 6.45) is 0. The third-order valence-corrected chi connectivity index (χ3v) is 6.25. The number of fused-ring (bicyclic) bond motifs is 1. The van der Waals surface area contributed by atoms with E-state index in [1.807, 2.05) is 108 Å². The van der Waals surface area contributed by atoms with Crippen molar-refractivity contribution in [2.24, 2.45) is 0 Å².